The average molecular weight is 750 g/mol. The normalized spacial score (nSPS) is 11.7. The molecule has 0 radical (unpaired) electrons. The van der Waals surface area contributed by atoms with Crippen molar-refractivity contribution in [3.05, 3.63) is 47.5 Å². The van der Waals surface area contributed by atoms with E-state index in [1.807, 2.05) is 0 Å². The topological polar surface area (TPSA) is 20.3 Å². The maximum Gasteiger partial charge on any atom is 0.132 e. The van der Waals surface area contributed by atoms with Crippen molar-refractivity contribution in [1.29, 1.82) is 0 Å². The first-order valence-corrected chi connectivity index (χ1v) is 24.5. The molecule has 0 heterocycles. The van der Waals surface area contributed by atoms with Gasteiger partial charge in [-0.2, -0.15) is 0 Å². The summed E-state index contributed by atoms with van der Waals surface area (Å²) in [5.74, 6) is 1.36. The molecular formula is C52H95NO. The minimum Gasteiger partial charge on any atom is -0.304 e. The van der Waals surface area contributed by atoms with Gasteiger partial charge in [0.2, 0.25) is 0 Å². The van der Waals surface area contributed by atoms with E-state index in [4.69, 9.17) is 0 Å². The van der Waals surface area contributed by atoms with Crippen LogP contribution in [0.5, 0.6) is 0 Å². The number of aryl methyl sites for hydroxylation is 2. The highest BCUT2D eigenvalue weighted by atomic mass is 16.1. The Kier molecular flexibility index (Phi) is 36.0. The lowest BCUT2D eigenvalue weighted by atomic mass is 9.87. The molecule has 0 atom stereocenters. The van der Waals surface area contributed by atoms with E-state index < -0.39 is 0 Å². The number of nitrogens with zero attached hydrogens (tertiary/aromatic N) is 1. The second-order valence-corrected chi connectivity index (χ2v) is 17.4. The van der Waals surface area contributed by atoms with Crippen LogP contribution in [-0.4, -0.2) is 30.3 Å². The summed E-state index contributed by atoms with van der Waals surface area (Å²) in [5.41, 5.74) is 4.39. The Morgan fingerprint density at radius 2 is 0.870 bits per heavy atom. The number of Topliss-reactive ketones (excluding diaryl/α,β-unsaturated/α-hetero) is 1. The van der Waals surface area contributed by atoms with Gasteiger partial charge in [-0.1, -0.05) is 212 Å². The fourth-order valence-electron chi connectivity index (χ4n) is 8.39. The van der Waals surface area contributed by atoms with Crippen LogP contribution in [0, 0.1) is 5.92 Å². The van der Waals surface area contributed by atoms with Gasteiger partial charge >= 0.3 is 0 Å². The first kappa shape index (κ1) is 50.6. The number of rotatable bonds is 42. The van der Waals surface area contributed by atoms with Crippen LogP contribution in [0.2, 0.25) is 0 Å². The van der Waals surface area contributed by atoms with Crippen molar-refractivity contribution in [1.82, 2.24) is 4.90 Å². The van der Waals surface area contributed by atoms with Gasteiger partial charge < -0.3 is 4.90 Å². The Hall–Kier alpha value is -1.41. The molecule has 2 nitrogen and oxygen atoms in total. The summed E-state index contributed by atoms with van der Waals surface area (Å²) in [7, 11) is 0. The molecule has 0 amide bonds. The molecule has 314 valence electrons. The molecule has 0 aliphatic carbocycles. The lowest BCUT2D eigenvalue weighted by Crippen LogP contribution is -2.25. The Morgan fingerprint density at radius 3 is 1.37 bits per heavy atom. The van der Waals surface area contributed by atoms with Crippen LogP contribution in [0.15, 0.2) is 36.4 Å². The van der Waals surface area contributed by atoms with Gasteiger partial charge in [-0.25, -0.2) is 0 Å². The van der Waals surface area contributed by atoms with E-state index >= 15 is 0 Å². The molecule has 1 rings (SSSR count). The number of carbonyl (C=O) groups excluding carboxylic acids is 1. The molecule has 2 heteroatoms. The Balaban J connectivity index is 2.05. The fraction of sp³-hybridized carbons (Fsp3) is 0.827. The summed E-state index contributed by atoms with van der Waals surface area (Å²) < 4.78 is 0. The highest BCUT2D eigenvalue weighted by Gasteiger charge is 2.11. The number of allylic oxidation sites excluding steroid dienone is 1. The van der Waals surface area contributed by atoms with Gasteiger partial charge in [0.25, 0.3) is 0 Å². The largest absolute Gasteiger partial charge is 0.304 e. The van der Waals surface area contributed by atoms with Crippen molar-refractivity contribution >= 4 is 5.78 Å². The zero-order valence-corrected chi connectivity index (χ0v) is 37.3. The number of ketones is 1. The van der Waals surface area contributed by atoms with Crippen molar-refractivity contribution < 1.29 is 4.79 Å². The van der Waals surface area contributed by atoms with Gasteiger partial charge in [-0.3, -0.25) is 4.79 Å². The summed E-state index contributed by atoms with van der Waals surface area (Å²) in [5, 5.41) is 0. The Bertz CT molecular complexity index is 934. The summed E-state index contributed by atoms with van der Waals surface area (Å²) in [4.78, 5) is 15.1. The van der Waals surface area contributed by atoms with E-state index in [1.165, 1.54) is 223 Å². The highest BCUT2D eigenvalue weighted by molar-refractivity contribution is 5.78. The van der Waals surface area contributed by atoms with Crippen LogP contribution >= 0.6 is 0 Å². The third kappa shape index (κ3) is 31.8. The zero-order valence-electron chi connectivity index (χ0n) is 37.3. The summed E-state index contributed by atoms with van der Waals surface area (Å²) in [6, 6.07) is 9.16. The molecule has 0 unspecified atom stereocenters. The number of benzene rings is 1. The predicted octanol–water partition coefficient (Wildman–Crippen LogP) is 16.8. The molecule has 54 heavy (non-hydrogen) atoms. The maximum atomic E-state index is 12.4. The second-order valence-electron chi connectivity index (χ2n) is 17.4. The van der Waals surface area contributed by atoms with E-state index in [1.54, 1.807) is 5.57 Å². The molecular weight excluding hydrogens is 655 g/mol. The SMILES string of the molecule is C=C(CCCCCCCN(CC)CCCCCCCC(=O)CCCc1ccc(CCCCCC)cc1)CC(CCCCCCCC)CCCCCCCC. The molecule has 1 aromatic carbocycles. The van der Waals surface area contributed by atoms with Gasteiger partial charge in [0.15, 0.2) is 0 Å². The molecule has 0 aliphatic rings. The monoisotopic (exact) mass is 750 g/mol. The first-order chi connectivity index (χ1) is 26.5. The van der Waals surface area contributed by atoms with Crippen LogP contribution < -0.4 is 0 Å². The summed E-state index contributed by atoms with van der Waals surface area (Å²) in [6.45, 7) is 17.5. The summed E-state index contributed by atoms with van der Waals surface area (Å²) >= 11 is 0. The van der Waals surface area contributed by atoms with Gasteiger partial charge in [0, 0.05) is 12.8 Å². The van der Waals surface area contributed by atoms with Crippen LogP contribution in [-0.2, 0) is 17.6 Å². The molecule has 0 aromatic heterocycles. The van der Waals surface area contributed by atoms with Crippen LogP contribution in [0.4, 0.5) is 0 Å². The third-order valence-electron chi connectivity index (χ3n) is 12.2. The summed E-state index contributed by atoms with van der Waals surface area (Å²) in [6.07, 6.45) is 45.5. The third-order valence-corrected chi connectivity index (χ3v) is 12.2. The molecule has 0 fully saturated rings. The van der Waals surface area contributed by atoms with Gasteiger partial charge in [0.05, 0.1) is 0 Å². The smallest absolute Gasteiger partial charge is 0.132 e. The van der Waals surface area contributed by atoms with Crippen molar-refractivity contribution in [2.75, 3.05) is 19.6 Å². The predicted molar refractivity (Wildman–Crippen MR) is 243 cm³/mol. The highest BCUT2D eigenvalue weighted by Crippen LogP contribution is 2.27. The van der Waals surface area contributed by atoms with Crippen molar-refractivity contribution in [3.63, 3.8) is 0 Å². The minimum absolute atomic E-state index is 0.468. The Labute approximate surface area is 339 Å². The lowest BCUT2D eigenvalue weighted by molar-refractivity contribution is -0.119. The van der Waals surface area contributed by atoms with E-state index in [-0.39, 0.29) is 0 Å². The standard InChI is InChI=1S/C52H95NO/c1-6-10-13-16-21-28-36-51(37-29-22-17-14-11-7-2)47-48(5)34-26-20-18-24-31-45-53(9-4)46-32-25-19-23-30-39-52(54)40-33-38-50-43-41-49(42-44-50)35-27-15-12-8-3/h41-44,51H,5-40,45-47H2,1-4H3. The van der Waals surface area contributed by atoms with Crippen molar-refractivity contribution in [3.8, 4) is 0 Å². The quantitative estimate of drug-likeness (QED) is 0.0490. The van der Waals surface area contributed by atoms with Crippen LogP contribution in [0.25, 0.3) is 0 Å². The van der Waals surface area contributed by atoms with Crippen LogP contribution in [0.3, 0.4) is 0 Å². The average Bonchev–Trinajstić information content (AvgIpc) is 3.18. The van der Waals surface area contributed by atoms with Gasteiger partial charge in [-0.15, -0.1) is 0 Å². The first-order valence-electron chi connectivity index (χ1n) is 24.5. The number of unbranched alkanes of at least 4 members (excludes halogenated alkanes) is 21. The van der Waals surface area contributed by atoms with Gasteiger partial charge in [0.1, 0.15) is 5.78 Å². The fourth-order valence-corrected chi connectivity index (χ4v) is 8.39. The molecule has 0 bridgehead atoms. The molecule has 0 saturated heterocycles. The van der Waals surface area contributed by atoms with E-state index in [9.17, 15) is 4.79 Å². The zero-order chi connectivity index (χ0) is 39.2. The van der Waals surface area contributed by atoms with E-state index in [2.05, 4.69) is 63.4 Å². The van der Waals surface area contributed by atoms with Crippen molar-refractivity contribution in [2.45, 2.75) is 252 Å². The molecule has 0 spiro atoms. The molecule has 0 aliphatic heterocycles. The number of hydrogen-bond donors (Lipinski definition) is 0. The molecule has 0 N–H and O–H groups in total. The maximum absolute atomic E-state index is 12.4. The Morgan fingerprint density at radius 1 is 0.481 bits per heavy atom. The van der Waals surface area contributed by atoms with E-state index in [0.29, 0.717) is 5.78 Å². The number of carbonyl (C=O) groups is 1. The van der Waals surface area contributed by atoms with Gasteiger partial charge in [-0.05, 0) is 101 Å². The number of hydrogen-bond acceptors (Lipinski definition) is 2. The molecule has 1 aromatic rings. The van der Waals surface area contributed by atoms with Crippen LogP contribution in [0.1, 0.15) is 251 Å². The second kappa shape index (κ2) is 38.5. The minimum atomic E-state index is 0.468. The molecule has 0 saturated carbocycles. The van der Waals surface area contributed by atoms with Crippen molar-refractivity contribution in [2.24, 2.45) is 5.92 Å². The van der Waals surface area contributed by atoms with E-state index in [0.717, 1.165) is 38.0 Å². The lowest BCUT2D eigenvalue weighted by Gasteiger charge is -2.20.